The van der Waals surface area contributed by atoms with Crippen LogP contribution in [0.1, 0.15) is 5.56 Å². The molecule has 0 spiro atoms. The van der Waals surface area contributed by atoms with E-state index in [2.05, 4.69) is 20.9 Å². The second-order valence-electron chi connectivity index (χ2n) is 2.86. The number of fused-ring (bicyclic) bond motifs is 1. The predicted octanol–water partition coefficient (Wildman–Crippen LogP) is 3.41. The minimum atomic E-state index is -0.884. The highest BCUT2D eigenvalue weighted by molar-refractivity contribution is 9.08. The van der Waals surface area contributed by atoms with E-state index in [1.54, 1.807) is 6.07 Å². The SMILES string of the molecule is Fc1ccc2c(CBr)ccnc2c1F. The lowest BCUT2D eigenvalue weighted by Gasteiger charge is -2.03. The first-order valence-corrected chi connectivity index (χ1v) is 5.13. The van der Waals surface area contributed by atoms with Gasteiger partial charge < -0.3 is 0 Å². The van der Waals surface area contributed by atoms with Crippen molar-refractivity contribution in [3.8, 4) is 0 Å². The zero-order valence-electron chi connectivity index (χ0n) is 7.10. The number of hydrogen-bond acceptors (Lipinski definition) is 1. The lowest BCUT2D eigenvalue weighted by atomic mass is 10.1. The minimum Gasteiger partial charge on any atom is -0.253 e. The van der Waals surface area contributed by atoms with Gasteiger partial charge in [0.25, 0.3) is 0 Å². The van der Waals surface area contributed by atoms with E-state index < -0.39 is 11.6 Å². The highest BCUT2D eigenvalue weighted by Gasteiger charge is 2.09. The zero-order valence-corrected chi connectivity index (χ0v) is 8.68. The molecule has 0 saturated carbocycles. The summed E-state index contributed by atoms with van der Waals surface area (Å²) in [7, 11) is 0. The number of pyridine rings is 1. The maximum atomic E-state index is 13.3. The number of aromatic nitrogens is 1. The first kappa shape index (κ1) is 9.52. The first-order chi connectivity index (χ1) is 6.74. The molecule has 0 unspecified atom stereocenters. The molecule has 1 aromatic carbocycles. The Bertz CT molecular complexity index is 485. The van der Waals surface area contributed by atoms with E-state index in [-0.39, 0.29) is 5.52 Å². The van der Waals surface area contributed by atoms with E-state index >= 15 is 0 Å². The maximum Gasteiger partial charge on any atom is 0.184 e. The molecule has 0 fully saturated rings. The van der Waals surface area contributed by atoms with Crippen LogP contribution in [0, 0.1) is 11.6 Å². The lowest BCUT2D eigenvalue weighted by molar-refractivity contribution is 0.515. The fourth-order valence-corrected chi connectivity index (χ4v) is 1.82. The summed E-state index contributed by atoms with van der Waals surface area (Å²) in [4.78, 5) is 3.81. The molecule has 0 saturated heterocycles. The van der Waals surface area contributed by atoms with Crippen LogP contribution in [0.25, 0.3) is 10.9 Å². The van der Waals surface area contributed by atoms with Crippen LogP contribution in [0.4, 0.5) is 8.78 Å². The number of nitrogens with zero attached hydrogens (tertiary/aromatic N) is 1. The van der Waals surface area contributed by atoms with Crippen molar-refractivity contribution in [3.63, 3.8) is 0 Å². The summed E-state index contributed by atoms with van der Waals surface area (Å²) >= 11 is 3.28. The average Bonchev–Trinajstić information content (AvgIpc) is 2.23. The summed E-state index contributed by atoms with van der Waals surface area (Å²) in [5.41, 5.74) is 0.982. The van der Waals surface area contributed by atoms with Crippen LogP contribution in [-0.4, -0.2) is 4.98 Å². The molecule has 0 radical (unpaired) electrons. The fraction of sp³-hybridized carbons (Fsp3) is 0.100. The van der Waals surface area contributed by atoms with Crippen molar-refractivity contribution in [1.82, 2.24) is 4.98 Å². The molecular weight excluding hydrogens is 252 g/mol. The Labute approximate surface area is 87.9 Å². The largest absolute Gasteiger partial charge is 0.253 e. The molecule has 2 aromatic rings. The van der Waals surface area contributed by atoms with E-state index in [0.717, 1.165) is 11.6 Å². The summed E-state index contributed by atoms with van der Waals surface area (Å²) in [5.74, 6) is -1.75. The van der Waals surface area contributed by atoms with Crippen LogP contribution >= 0.6 is 15.9 Å². The quantitative estimate of drug-likeness (QED) is 0.714. The molecule has 72 valence electrons. The van der Waals surface area contributed by atoms with Gasteiger partial charge >= 0.3 is 0 Å². The topological polar surface area (TPSA) is 12.9 Å². The Morgan fingerprint density at radius 2 is 2.00 bits per heavy atom. The minimum absolute atomic E-state index is 0.0851. The molecular formula is C10H6BrF2N. The van der Waals surface area contributed by atoms with Crippen LogP contribution < -0.4 is 0 Å². The second kappa shape index (κ2) is 3.61. The molecule has 14 heavy (non-hydrogen) atoms. The van der Waals surface area contributed by atoms with E-state index in [4.69, 9.17) is 0 Å². The van der Waals surface area contributed by atoms with E-state index in [9.17, 15) is 8.78 Å². The van der Waals surface area contributed by atoms with Crippen molar-refractivity contribution in [2.75, 3.05) is 0 Å². The standard InChI is InChI=1S/C10H6BrF2N/c11-5-6-3-4-14-10-7(6)1-2-8(12)9(10)13/h1-4H,5H2. The van der Waals surface area contributed by atoms with Gasteiger partial charge in [-0.25, -0.2) is 8.78 Å². The molecule has 0 atom stereocenters. The third kappa shape index (κ3) is 1.39. The van der Waals surface area contributed by atoms with E-state index in [1.807, 2.05) is 0 Å². The molecule has 0 aliphatic carbocycles. The third-order valence-corrected chi connectivity index (χ3v) is 2.64. The second-order valence-corrected chi connectivity index (χ2v) is 3.42. The highest BCUT2D eigenvalue weighted by atomic mass is 79.9. The first-order valence-electron chi connectivity index (χ1n) is 4.01. The van der Waals surface area contributed by atoms with Crippen LogP contribution in [0.2, 0.25) is 0 Å². The summed E-state index contributed by atoms with van der Waals surface area (Å²) in [6.45, 7) is 0. The third-order valence-electron chi connectivity index (χ3n) is 2.04. The Balaban J connectivity index is 2.86. The van der Waals surface area contributed by atoms with Gasteiger partial charge in [-0.15, -0.1) is 0 Å². The van der Waals surface area contributed by atoms with Crippen LogP contribution in [0.15, 0.2) is 24.4 Å². The normalized spacial score (nSPS) is 10.8. The van der Waals surface area contributed by atoms with Crippen molar-refractivity contribution in [1.29, 1.82) is 0 Å². The van der Waals surface area contributed by atoms with Gasteiger partial charge in [-0.05, 0) is 23.8 Å². The van der Waals surface area contributed by atoms with Crippen LogP contribution in [-0.2, 0) is 5.33 Å². The van der Waals surface area contributed by atoms with Gasteiger partial charge in [0.05, 0.1) is 0 Å². The summed E-state index contributed by atoms with van der Waals surface area (Å²) in [5, 5.41) is 1.24. The van der Waals surface area contributed by atoms with Gasteiger partial charge in [0.1, 0.15) is 5.52 Å². The van der Waals surface area contributed by atoms with Crippen molar-refractivity contribution < 1.29 is 8.78 Å². The molecule has 1 nitrogen and oxygen atoms in total. The van der Waals surface area contributed by atoms with Crippen LogP contribution in [0.3, 0.4) is 0 Å². The number of hydrogen-bond donors (Lipinski definition) is 0. The molecule has 0 N–H and O–H groups in total. The smallest absolute Gasteiger partial charge is 0.184 e. The van der Waals surface area contributed by atoms with E-state index in [1.165, 1.54) is 12.3 Å². The summed E-state index contributed by atoms with van der Waals surface area (Å²) in [6, 6.07) is 4.43. The number of halogens is 3. The molecule has 0 aliphatic rings. The van der Waals surface area contributed by atoms with E-state index in [0.29, 0.717) is 10.7 Å². The van der Waals surface area contributed by atoms with Crippen molar-refractivity contribution in [2.24, 2.45) is 0 Å². The summed E-state index contributed by atoms with van der Waals surface area (Å²) < 4.78 is 26.1. The monoisotopic (exact) mass is 257 g/mol. The van der Waals surface area contributed by atoms with Gasteiger partial charge in [0.2, 0.25) is 0 Å². The van der Waals surface area contributed by atoms with Crippen molar-refractivity contribution >= 4 is 26.8 Å². The van der Waals surface area contributed by atoms with Gasteiger partial charge in [-0.3, -0.25) is 4.98 Å². The molecule has 1 heterocycles. The molecule has 0 aliphatic heterocycles. The average molecular weight is 258 g/mol. The Morgan fingerprint density at radius 3 is 2.71 bits per heavy atom. The number of benzene rings is 1. The highest BCUT2D eigenvalue weighted by Crippen LogP contribution is 2.22. The Hall–Kier alpha value is -1.03. The zero-order chi connectivity index (χ0) is 10.1. The molecule has 0 bridgehead atoms. The van der Waals surface area contributed by atoms with Gasteiger partial charge in [0, 0.05) is 16.9 Å². The van der Waals surface area contributed by atoms with Gasteiger partial charge in [0.15, 0.2) is 11.6 Å². The van der Waals surface area contributed by atoms with Crippen LogP contribution in [0.5, 0.6) is 0 Å². The van der Waals surface area contributed by atoms with Gasteiger partial charge in [-0.1, -0.05) is 15.9 Å². The van der Waals surface area contributed by atoms with Gasteiger partial charge in [-0.2, -0.15) is 0 Å². The molecule has 4 heteroatoms. The number of alkyl halides is 1. The maximum absolute atomic E-state index is 13.3. The number of rotatable bonds is 1. The molecule has 2 rings (SSSR count). The predicted molar refractivity (Wildman–Crippen MR) is 54.3 cm³/mol. The molecule has 1 aromatic heterocycles. The van der Waals surface area contributed by atoms with Crippen molar-refractivity contribution in [2.45, 2.75) is 5.33 Å². The van der Waals surface area contributed by atoms with Crippen molar-refractivity contribution in [3.05, 3.63) is 41.6 Å². The summed E-state index contributed by atoms with van der Waals surface area (Å²) in [6.07, 6.45) is 1.47. The molecule has 0 amide bonds. The lowest BCUT2D eigenvalue weighted by Crippen LogP contribution is -1.91. The Morgan fingerprint density at radius 1 is 1.21 bits per heavy atom. The fourth-order valence-electron chi connectivity index (χ4n) is 1.33. The Kier molecular flexibility index (Phi) is 2.46.